The van der Waals surface area contributed by atoms with Gasteiger partial charge in [-0.05, 0) is 39.0 Å². The van der Waals surface area contributed by atoms with Crippen LogP contribution in [-0.2, 0) is 22.3 Å². The first kappa shape index (κ1) is 14.4. The van der Waals surface area contributed by atoms with Gasteiger partial charge in [0.1, 0.15) is 5.01 Å². The van der Waals surface area contributed by atoms with Gasteiger partial charge in [0.05, 0.1) is 30.6 Å². The molecule has 1 N–H and O–H groups in total. The highest BCUT2D eigenvalue weighted by atomic mass is 32.1. The van der Waals surface area contributed by atoms with Crippen molar-refractivity contribution < 1.29 is 9.47 Å². The molecule has 3 rings (SSSR count). The zero-order chi connectivity index (χ0) is 13.9. The monoisotopic (exact) mass is 296 g/mol. The molecule has 0 radical (unpaired) electrons. The van der Waals surface area contributed by atoms with Crippen LogP contribution in [0.4, 0.5) is 0 Å². The van der Waals surface area contributed by atoms with Crippen LogP contribution in [0, 0.1) is 0 Å². The summed E-state index contributed by atoms with van der Waals surface area (Å²) in [6.07, 6.45) is 6.53. The van der Waals surface area contributed by atoms with E-state index in [9.17, 15) is 0 Å². The summed E-state index contributed by atoms with van der Waals surface area (Å²) in [5.41, 5.74) is 1.33. The molecule has 1 aliphatic carbocycles. The van der Waals surface area contributed by atoms with E-state index in [0.717, 1.165) is 32.4 Å². The van der Waals surface area contributed by atoms with Crippen molar-refractivity contribution in [1.82, 2.24) is 10.3 Å². The van der Waals surface area contributed by atoms with Crippen molar-refractivity contribution in [3.63, 3.8) is 0 Å². The van der Waals surface area contributed by atoms with Gasteiger partial charge in [-0.15, -0.1) is 11.3 Å². The molecule has 4 nitrogen and oxygen atoms in total. The van der Waals surface area contributed by atoms with Gasteiger partial charge in [-0.3, -0.25) is 0 Å². The van der Waals surface area contributed by atoms with E-state index in [1.54, 1.807) is 7.11 Å². The SMILES string of the molecule is COCCNC(c1nc2c(s1)CCC2)C1CCC(C)O1. The van der Waals surface area contributed by atoms with Crippen LogP contribution in [0.1, 0.15) is 47.8 Å². The van der Waals surface area contributed by atoms with E-state index in [4.69, 9.17) is 14.5 Å². The van der Waals surface area contributed by atoms with E-state index in [0.29, 0.717) is 6.10 Å². The zero-order valence-corrected chi connectivity index (χ0v) is 13.2. The minimum absolute atomic E-state index is 0.227. The maximum absolute atomic E-state index is 6.07. The molecule has 1 aromatic heterocycles. The fraction of sp³-hybridized carbons (Fsp3) is 0.800. The van der Waals surface area contributed by atoms with Crippen LogP contribution in [-0.4, -0.2) is 37.5 Å². The number of fused-ring (bicyclic) bond motifs is 1. The summed E-state index contributed by atoms with van der Waals surface area (Å²) >= 11 is 1.88. The number of rotatable bonds is 6. The van der Waals surface area contributed by atoms with Gasteiger partial charge in [0.15, 0.2) is 0 Å². The van der Waals surface area contributed by atoms with E-state index in [2.05, 4.69) is 12.2 Å². The first-order valence-electron chi connectivity index (χ1n) is 7.64. The minimum Gasteiger partial charge on any atom is -0.383 e. The molecular formula is C15H24N2O2S. The van der Waals surface area contributed by atoms with E-state index in [1.165, 1.54) is 28.4 Å². The number of nitrogens with zero attached hydrogens (tertiary/aromatic N) is 1. The molecule has 0 spiro atoms. The first-order valence-corrected chi connectivity index (χ1v) is 8.46. The quantitative estimate of drug-likeness (QED) is 0.819. The van der Waals surface area contributed by atoms with Crippen molar-refractivity contribution in [2.75, 3.05) is 20.3 Å². The molecule has 1 aromatic rings. The third-order valence-corrected chi connectivity index (χ3v) is 5.43. The lowest BCUT2D eigenvalue weighted by atomic mass is 10.1. The molecular weight excluding hydrogens is 272 g/mol. The number of nitrogens with one attached hydrogen (secondary N) is 1. The first-order chi connectivity index (χ1) is 9.78. The molecule has 112 valence electrons. The van der Waals surface area contributed by atoms with Gasteiger partial charge < -0.3 is 14.8 Å². The number of aryl methyl sites for hydroxylation is 2. The number of thiazole rings is 1. The second kappa shape index (κ2) is 6.52. The molecule has 0 saturated carbocycles. The Morgan fingerprint density at radius 1 is 1.45 bits per heavy atom. The Balaban J connectivity index is 1.73. The van der Waals surface area contributed by atoms with Crippen LogP contribution >= 0.6 is 11.3 Å². The highest BCUT2D eigenvalue weighted by Crippen LogP contribution is 2.35. The van der Waals surface area contributed by atoms with Crippen LogP contribution in [0.3, 0.4) is 0 Å². The Morgan fingerprint density at radius 2 is 2.35 bits per heavy atom. The van der Waals surface area contributed by atoms with Gasteiger partial charge >= 0.3 is 0 Å². The smallest absolute Gasteiger partial charge is 0.113 e. The number of hydrogen-bond donors (Lipinski definition) is 1. The lowest BCUT2D eigenvalue weighted by Crippen LogP contribution is -2.34. The highest BCUT2D eigenvalue weighted by Gasteiger charge is 2.33. The zero-order valence-electron chi connectivity index (χ0n) is 12.4. The largest absolute Gasteiger partial charge is 0.383 e. The molecule has 2 heterocycles. The summed E-state index contributed by atoms with van der Waals surface area (Å²) in [7, 11) is 1.74. The Labute approximate surface area is 124 Å². The Hall–Kier alpha value is -0.490. The van der Waals surface area contributed by atoms with E-state index in [-0.39, 0.29) is 12.1 Å². The third kappa shape index (κ3) is 3.06. The number of ether oxygens (including phenoxy) is 2. The predicted octanol–water partition coefficient (Wildman–Crippen LogP) is 2.48. The predicted molar refractivity (Wildman–Crippen MR) is 80.3 cm³/mol. The Morgan fingerprint density at radius 3 is 3.05 bits per heavy atom. The second-order valence-electron chi connectivity index (χ2n) is 5.76. The summed E-state index contributed by atoms with van der Waals surface area (Å²) < 4.78 is 11.2. The van der Waals surface area contributed by atoms with Gasteiger partial charge in [0.2, 0.25) is 0 Å². The molecule has 20 heavy (non-hydrogen) atoms. The highest BCUT2D eigenvalue weighted by molar-refractivity contribution is 7.11. The molecule has 5 heteroatoms. The maximum Gasteiger partial charge on any atom is 0.113 e. The topological polar surface area (TPSA) is 43.4 Å². The van der Waals surface area contributed by atoms with E-state index < -0.39 is 0 Å². The Bertz CT molecular complexity index is 428. The van der Waals surface area contributed by atoms with Crippen LogP contribution in [0.25, 0.3) is 0 Å². The van der Waals surface area contributed by atoms with Crippen LogP contribution in [0.5, 0.6) is 0 Å². The molecule has 1 saturated heterocycles. The summed E-state index contributed by atoms with van der Waals surface area (Å²) in [6, 6.07) is 0.227. The normalized spacial score (nSPS) is 26.9. The van der Waals surface area contributed by atoms with Crippen molar-refractivity contribution in [1.29, 1.82) is 0 Å². The molecule has 1 fully saturated rings. The average Bonchev–Trinajstić information content (AvgIpc) is 3.10. The molecule has 1 aliphatic heterocycles. The second-order valence-corrected chi connectivity index (χ2v) is 6.88. The van der Waals surface area contributed by atoms with E-state index >= 15 is 0 Å². The van der Waals surface area contributed by atoms with Crippen molar-refractivity contribution in [3.8, 4) is 0 Å². The fourth-order valence-corrected chi connectivity index (χ4v) is 4.40. The number of hydrogen-bond acceptors (Lipinski definition) is 5. The molecule has 3 atom stereocenters. The molecule has 0 amide bonds. The van der Waals surface area contributed by atoms with Crippen molar-refractivity contribution >= 4 is 11.3 Å². The molecule has 0 bridgehead atoms. The summed E-state index contributed by atoms with van der Waals surface area (Å²) in [6.45, 7) is 3.73. The van der Waals surface area contributed by atoms with E-state index in [1.807, 2.05) is 11.3 Å². The van der Waals surface area contributed by atoms with Crippen molar-refractivity contribution in [2.45, 2.75) is 57.3 Å². The fourth-order valence-electron chi connectivity index (χ4n) is 3.12. The number of methoxy groups -OCH3 is 1. The summed E-state index contributed by atoms with van der Waals surface area (Å²) in [5.74, 6) is 0. The van der Waals surface area contributed by atoms with Crippen molar-refractivity contribution in [2.24, 2.45) is 0 Å². The summed E-state index contributed by atoms with van der Waals surface area (Å²) in [5, 5.41) is 4.80. The molecule has 2 aliphatic rings. The molecule has 0 aromatic carbocycles. The van der Waals surface area contributed by atoms with Crippen LogP contribution in [0.2, 0.25) is 0 Å². The van der Waals surface area contributed by atoms with Gasteiger partial charge in [-0.1, -0.05) is 0 Å². The van der Waals surface area contributed by atoms with Gasteiger partial charge in [0, 0.05) is 18.5 Å². The maximum atomic E-state index is 6.07. The standard InChI is InChI=1S/C15H24N2O2S/c1-10-6-7-12(19-10)14(16-8-9-18-2)15-17-11-4-3-5-13(11)20-15/h10,12,14,16H,3-9H2,1-2H3. The minimum atomic E-state index is 0.227. The lowest BCUT2D eigenvalue weighted by Gasteiger charge is -2.23. The summed E-state index contributed by atoms with van der Waals surface area (Å²) in [4.78, 5) is 6.37. The lowest BCUT2D eigenvalue weighted by molar-refractivity contribution is 0.0299. The van der Waals surface area contributed by atoms with Crippen molar-refractivity contribution in [3.05, 3.63) is 15.6 Å². The Kier molecular flexibility index (Phi) is 4.71. The van der Waals surface area contributed by atoms with Crippen LogP contribution < -0.4 is 5.32 Å². The molecule has 3 unspecified atom stereocenters. The van der Waals surface area contributed by atoms with Crippen LogP contribution in [0.15, 0.2) is 0 Å². The van der Waals surface area contributed by atoms with Gasteiger partial charge in [0.25, 0.3) is 0 Å². The van der Waals surface area contributed by atoms with Gasteiger partial charge in [-0.25, -0.2) is 4.98 Å². The number of aromatic nitrogens is 1. The third-order valence-electron chi connectivity index (χ3n) is 4.19. The van der Waals surface area contributed by atoms with Gasteiger partial charge in [-0.2, -0.15) is 0 Å². The average molecular weight is 296 g/mol.